The van der Waals surface area contributed by atoms with Crippen LogP contribution >= 0.6 is 12.2 Å². The Morgan fingerprint density at radius 2 is 1.68 bits per heavy atom. The number of rotatable bonds is 7. The Hall–Kier alpha value is -0.190. The van der Waals surface area contributed by atoms with Crippen LogP contribution in [0.3, 0.4) is 0 Å². The molecule has 0 atom stereocenters. The minimum atomic E-state index is 0.671. The number of piperidine rings is 1. The van der Waals surface area contributed by atoms with E-state index in [-0.39, 0.29) is 0 Å². The number of hydrogen-bond donors (Lipinski definition) is 1. The molecule has 2 aliphatic rings. The largest absolute Gasteiger partial charge is 0.393 e. The van der Waals surface area contributed by atoms with E-state index in [2.05, 4.69) is 9.80 Å². The Morgan fingerprint density at radius 3 is 2.32 bits per heavy atom. The third-order valence-corrected chi connectivity index (χ3v) is 4.77. The molecule has 0 aromatic carbocycles. The van der Waals surface area contributed by atoms with Crippen molar-refractivity contribution >= 4 is 17.2 Å². The predicted octanol–water partition coefficient (Wildman–Crippen LogP) is 2.25. The van der Waals surface area contributed by atoms with Gasteiger partial charge in [0.2, 0.25) is 0 Å². The predicted molar refractivity (Wildman–Crippen MR) is 85.5 cm³/mol. The van der Waals surface area contributed by atoms with Gasteiger partial charge in [-0.05, 0) is 83.6 Å². The molecule has 110 valence electrons. The van der Waals surface area contributed by atoms with Gasteiger partial charge in [-0.15, -0.1) is 0 Å². The number of hydrogen-bond acceptors (Lipinski definition) is 3. The van der Waals surface area contributed by atoms with Crippen molar-refractivity contribution in [2.45, 2.75) is 44.9 Å². The van der Waals surface area contributed by atoms with Crippen molar-refractivity contribution in [1.82, 2.24) is 9.80 Å². The van der Waals surface area contributed by atoms with Gasteiger partial charge in [0.15, 0.2) is 0 Å². The van der Waals surface area contributed by atoms with Crippen LogP contribution in [0.25, 0.3) is 0 Å². The van der Waals surface area contributed by atoms with E-state index in [1.807, 2.05) is 0 Å². The molecule has 2 aliphatic heterocycles. The Balaban J connectivity index is 1.53. The van der Waals surface area contributed by atoms with Gasteiger partial charge in [0.1, 0.15) is 0 Å². The highest BCUT2D eigenvalue weighted by atomic mass is 32.1. The van der Waals surface area contributed by atoms with E-state index in [9.17, 15) is 0 Å². The van der Waals surface area contributed by atoms with Gasteiger partial charge in [0, 0.05) is 6.54 Å². The van der Waals surface area contributed by atoms with Crippen molar-refractivity contribution in [3.05, 3.63) is 0 Å². The van der Waals surface area contributed by atoms with E-state index >= 15 is 0 Å². The second-order valence-electron chi connectivity index (χ2n) is 6.22. The zero-order valence-electron chi connectivity index (χ0n) is 12.1. The van der Waals surface area contributed by atoms with Crippen LogP contribution in [-0.2, 0) is 0 Å². The van der Waals surface area contributed by atoms with Crippen molar-refractivity contribution in [2.24, 2.45) is 11.7 Å². The maximum absolute atomic E-state index is 5.52. The number of unbranched alkanes of at least 4 members (excludes halogenated alkanes) is 1. The van der Waals surface area contributed by atoms with Crippen LogP contribution in [0.1, 0.15) is 44.9 Å². The Bertz CT molecular complexity index is 269. The van der Waals surface area contributed by atoms with Crippen LogP contribution in [-0.4, -0.2) is 54.1 Å². The van der Waals surface area contributed by atoms with Crippen molar-refractivity contribution < 1.29 is 0 Å². The third-order valence-electron chi connectivity index (χ3n) is 4.57. The van der Waals surface area contributed by atoms with Crippen LogP contribution in [0.2, 0.25) is 0 Å². The average Bonchev–Trinajstić information content (AvgIpc) is 2.89. The summed E-state index contributed by atoms with van der Waals surface area (Å²) in [5.41, 5.74) is 5.52. The first-order valence-electron chi connectivity index (χ1n) is 7.97. The topological polar surface area (TPSA) is 32.5 Å². The first-order valence-corrected chi connectivity index (χ1v) is 8.38. The summed E-state index contributed by atoms with van der Waals surface area (Å²) < 4.78 is 0. The summed E-state index contributed by atoms with van der Waals surface area (Å²) in [7, 11) is 0. The Kier molecular flexibility index (Phi) is 6.54. The van der Waals surface area contributed by atoms with Crippen LogP contribution < -0.4 is 5.73 Å². The molecule has 0 aliphatic carbocycles. The van der Waals surface area contributed by atoms with E-state index in [0.29, 0.717) is 4.99 Å². The molecule has 0 aromatic rings. The van der Waals surface area contributed by atoms with E-state index < -0.39 is 0 Å². The van der Waals surface area contributed by atoms with E-state index in [1.165, 1.54) is 71.4 Å². The summed E-state index contributed by atoms with van der Waals surface area (Å²) in [6.07, 6.45) is 8.94. The SMILES string of the molecule is NC(=S)CCCCN1CCC(CN2CCCC2)CC1. The molecule has 0 saturated carbocycles. The average molecular weight is 283 g/mol. The number of likely N-dealkylation sites (tertiary alicyclic amines) is 2. The van der Waals surface area contributed by atoms with Crippen molar-refractivity contribution in [3.8, 4) is 0 Å². The highest BCUT2D eigenvalue weighted by molar-refractivity contribution is 7.80. The molecule has 0 radical (unpaired) electrons. The molecule has 2 fully saturated rings. The monoisotopic (exact) mass is 283 g/mol. The fourth-order valence-electron chi connectivity index (χ4n) is 3.36. The Labute approximate surface area is 123 Å². The molecule has 4 heteroatoms. The zero-order chi connectivity index (χ0) is 13.5. The summed E-state index contributed by atoms with van der Waals surface area (Å²) >= 11 is 4.91. The molecule has 3 nitrogen and oxygen atoms in total. The van der Waals surface area contributed by atoms with Gasteiger partial charge in [-0.25, -0.2) is 0 Å². The normalized spacial score (nSPS) is 22.9. The molecule has 0 spiro atoms. The van der Waals surface area contributed by atoms with Crippen LogP contribution in [0.5, 0.6) is 0 Å². The van der Waals surface area contributed by atoms with Gasteiger partial charge >= 0.3 is 0 Å². The summed E-state index contributed by atoms with van der Waals surface area (Å²) in [5, 5.41) is 0. The van der Waals surface area contributed by atoms with Gasteiger partial charge in [-0.3, -0.25) is 0 Å². The second-order valence-corrected chi connectivity index (χ2v) is 6.74. The number of nitrogens with zero attached hydrogens (tertiary/aromatic N) is 2. The molecule has 0 unspecified atom stereocenters. The first-order chi connectivity index (χ1) is 9.24. The zero-order valence-corrected chi connectivity index (χ0v) is 13.0. The fourth-order valence-corrected chi connectivity index (χ4v) is 3.50. The van der Waals surface area contributed by atoms with Crippen molar-refractivity contribution in [3.63, 3.8) is 0 Å². The standard InChI is InChI=1S/C15H29N3S/c16-15(19)5-1-2-8-17-11-6-14(7-12-17)13-18-9-3-4-10-18/h14H,1-13H2,(H2,16,19). The van der Waals surface area contributed by atoms with Gasteiger partial charge in [0.05, 0.1) is 4.99 Å². The van der Waals surface area contributed by atoms with Crippen molar-refractivity contribution in [1.29, 1.82) is 0 Å². The summed E-state index contributed by atoms with van der Waals surface area (Å²) in [4.78, 5) is 5.96. The van der Waals surface area contributed by atoms with E-state index in [4.69, 9.17) is 18.0 Å². The molecule has 2 heterocycles. The highest BCUT2D eigenvalue weighted by Crippen LogP contribution is 2.20. The lowest BCUT2D eigenvalue weighted by atomic mass is 9.96. The molecule has 2 saturated heterocycles. The molecule has 2 rings (SSSR count). The van der Waals surface area contributed by atoms with E-state index in [1.54, 1.807) is 0 Å². The fraction of sp³-hybridized carbons (Fsp3) is 0.933. The highest BCUT2D eigenvalue weighted by Gasteiger charge is 2.22. The quantitative estimate of drug-likeness (QED) is 0.574. The molecular formula is C15H29N3S. The molecule has 0 amide bonds. The molecule has 2 N–H and O–H groups in total. The molecule has 0 aromatic heterocycles. The molecular weight excluding hydrogens is 254 g/mol. The number of thiocarbonyl (C=S) groups is 1. The van der Waals surface area contributed by atoms with Gasteiger partial charge in [-0.2, -0.15) is 0 Å². The lowest BCUT2D eigenvalue weighted by Gasteiger charge is -2.33. The van der Waals surface area contributed by atoms with Crippen LogP contribution in [0.15, 0.2) is 0 Å². The lowest BCUT2D eigenvalue weighted by molar-refractivity contribution is 0.152. The maximum atomic E-state index is 5.52. The smallest absolute Gasteiger partial charge is 0.0727 e. The molecule has 0 bridgehead atoms. The van der Waals surface area contributed by atoms with Gasteiger partial charge < -0.3 is 15.5 Å². The Morgan fingerprint density at radius 1 is 1.00 bits per heavy atom. The first kappa shape index (κ1) is 15.2. The summed E-state index contributed by atoms with van der Waals surface area (Å²) in [6, 6.07) is 0. The lowest BCUT2D eigenvalue weighted by Crippen LogP contribution is -2.38. The number of nitrogens with two attached hydrogens (primary N) is 1. The minimum absolute atomic E-state index is 0.671. The third kappa shape index (κ3) is 5.76. The van der Waals surface area contributed by atoms with E-state index in [0.717, 1.165) is 18.8 Å². The van der Waals surface area contributed by atoms with Gasteiger partial charge in [-0.1, -0.05) is 12.2 Å². The summed E-state index contributed by atoms with van der Waals surface area (Å²) in [6.45, 7) is 7.88. The van der Waals surface area contributed by atoms with Crippen LogP contribution in [0.4, 0.5) is 0 Å². The van der Waals surface area contributed by atoms with Crippen LogP contribution in [0, 0.1) is 5.92 Å². The summed E-state index contributed by atoms with van der Waals surface area (Å²) in [5.74, 6) is 0.950. The second kappa shape index (κ2) is 8.18. The molecule has 19 heavy (non-hydrogen) atoms. The van der Waals surface area contributed by atoms with Gasteiger partial charge in [0.25, 0.3) is 0 Å². The minimum Gasteiger partial charge on any atom is -0.393 e. The maximum Gasteiger partial charge on any atom is 0.0727 e. The van der Waals surface area contributed by atoms with Crippen molar-refractivity contribution in [2.75, 3.05) is 39.3 Å².